The van der Waals surface area contributed by atoms with Crippen LogP contribution in [0.25, 0.3) is 11.1 Å². The second kappa shape index (κ2) is 17.5. The lowest BCUT2D eigenvalue weighted by Gasteiger charge is -2.32. The summed E-state index contributed by atoms with van der Waals surface area (Å²) in [6.45, 7) is 14.5. The first-order valence-electron chi connectivity index (χ1n) is 16.1. The molecule has 0 spiro atoms. The topological polar surface area (TPSA) is 143 Å². The van der Waals surface area contributed by atoms with Gasteiger partial charge in [-0.2, -0.15) is 0 Å². The molecule has 4 unspecified atom stereocenters. The van der Waals surface area contributed by atoms with E-state index >= 15 is 0 Å². The molecule has 2 aromatic carbocycles. The van der Waals surface area contributed by atoms with Gasteiger partial charge in [-0.1, -0.05) is 81.5 Å². The zero-order valence-electron chi connectivity index (χ0n) is 27.9. The second-order valence-corrected chi connectivity index (χ2v) is 13.0. The average molecular weight is 648 g/mol. The van der Waals surface area contributed by atoms with Crippen molar-refractivity contribution in [1.82, 2.24) is 16.0 Å². The number of benzene rings is 2. The van der Waals surface area contributed by atoms with Crippen molar-refractivity contribution >= 4 is 23.9 Å². The Balaban J connectivity index is 1.62. The molecule has 1 aliphatic carbocycles. The number of hydrogen-bond acceptors (Lipinski definition) is 7. The van der Waals surface area contributed by atoms with E-state index in [2.05, 4.69) is 41.2 Å². The quantitative estimate of drug-likeness (QED) is 0.140. The molecule has 1 aliphatic rings. The van der Waals surface area contributed by atoms with Crippen LogP contribution in [0.4, 0.5) is 4.79 Å². The lowest BCUT2D eigenvalue weighted by Crippen LogP contribution is -2.51. The highest BCUT2D eigenvalue weighted by atomic mass is 16.6. The number of ether oxygens (including phenoxy) is 2. The average Bonchev–Trinajstić information content (AvgIpc) is 3.36. The smallest absolute Gasteiger partial charge is 0.407 e. The Hall–Kier alpha value is -4.44. The van der Waals surface area contributed by atoms with Crippen molar-refractivity contribution in [2.45, 2.75) is 77.4 Å². The molecule has 0 fully saturated rings. The fourth-order valence-corrected chi connectivity index (χ4v) is 5.47. The first kappa shape index (κ1) is 37.0. The number of nitrogens with one attached hydrogen (secondary N) is 3. The van der Waals surface area contributed by atoms with Gasteiger partial charge >= 0.3 is 12.1 Å². The Morgan fingerprint density at radius 3 is 2.09 bits per heavy atom. The van der Waals surface area contributed by atoms with Gasteiger partial charge in [0.05, 0.1) is 18.6 Å². The maximum Gasteiger partial charge on any atom is 0.407 e. The number of aliphatic hydroxyl groups excluding tert-OH is 1. The minimum atomic E-state index is -0.995. The van der Waals surface area contributed by atoms with Crippen LogP contribution >= 0.6 is 0 Å². The Labute approximate surface area is 278 Å². The highest BCUT2D eigenvalue weighted by molar-refractivity contribution is 5.86. The van der Waals surface area contributed by atoms with Crippen molar-refractivity contribution in [1.29, 1.82) is 0 Å². The highest BCUT2D eigenvalue weighted by Crippen LogP contribution is 2.44. The Kier molecular flexibility index (Phi) is 13.8. The fourth-order valence-electron chi connectivity index (χ4n) is 5.47. The second-order valence-electron chi connectivity index (χ2n) is 13.0. The number of hydrogen-bond donors (Lipinski definition) is 4. The molecule has 0 saturated carbocycles. The van der Waals surface area contributed by atoms with E-state index in [9.17, 15) is 24.3 Å². The number of carbonyl (C=O) groups excluding carboxylic acids is 4. The van der Waals surface area contributed by atoms with Gasteiger partial charge in [-0.05, 0) is 53.9 Å². The number of rotatable bonds is 17. The molecule has 3 rings (SSSR count). The van der Waals surface area contributed by atoms with Gasteiger partial charge in [0.2, 0.25) is 11.8 Å². The molecule has 254 valence electrons. The molecule has 0 radical (unpaired) electrons. The van der Waals surface area contributed by atoms with Crippen LogP contribution in [0.2, 0.25) is 0 Å². The molecular weight excluding hydrogens is 598 g/mol. The van der Waals surface area contributed by atoms with E-state index < -0.39 is 41.5 Å². The summed E-state index contributed by atoms with van der Waals surface area (Å²) in [4.78, 5) is 51.9. The van der Waals surface area contributed by atoms with Crippen molar-refractivity contribution in [2.24, 2.45) is 11.3 Å². The molecule has 0 aromatic heterocycles. The first-order valence-corrected chi connectivity index (χ1v) is 16.1. The van der Waals surface area contributed by atoms with Crippen LogP contribution in [-0.4, -0.2) is 66.9 Å². The molecule has 3 amide bonds. The lowest BCUT2D eigenvalue weighted by molar-refractivity contribution is -0.148. The molecule has 47 heavy (non-hydrogen) atoms. The summed E-state index contributed by atoms with van der Waals surface area (Å²) >= 11 is 0. The fraction of sp³-hybridized carbons (Fsp3) is 0.459. The largest absolute Gasteiger partial charge is 0.462 e. The number of aliphatic hydroxyl groups is 1. The maximum atomic E-state index is 13.3. The lowest BCUT2D eigenvalue weighted by atomic mass is 9.86. The van der Waals surface area contributed by atoms with E-state index in [4.69, 9.17) is 9.47 Å². The zero-order chi connectivity index (χ0) is 34.6. The van der Waals surface area contributed by atoms with E-state index in [1.807, 2.05) is 57.2 Å². The zero-order valence-corrected chi connectivity index (χ0v) is 27.9. The summed E-state index contributed by atoms with van der Waals surface area (Å²) in [5.41, 5.74) is 3.87. The van der Waals surface area contributed by atoms with Crippen molar-refractivity contribution in [3.05, 3.63) is 85.0 Å². The van der Waals surface area contributed by atoms with Crippen LogP contribution in [0.3, 0.4) is 0 Å². The van der Waals surface area contributed by atoms with Gasteiger partial charge < -0.3 is 30.5 Å². The summed E-state index contributed by atoms with van der Waals surface area (Å²) in [6, 6.07) is 14.0. The molecule has 2 aromatic rings. The van der Waals surface area contributed by atoms with E-state index in [0.29, 0.717) is 6.42 Å². The van der Waals surface area contributed by atoms with Gasteiger partial charge in [0.25, 0.3) is 0 Å². The van der Waals surface area contributed by atoms with Crippen LogP contribution in [-0.2, 0) is 23.9 Å². The van der Waals surface area contributed by atoms with Crippen molar-refractivity contribution in [3.8, 4) is 11.1 Å². The van der Waals surface area contributed by atoms with E-state index in [1.54, 1.807) is 19.1 Å². The SMILES string of the molecule is C=CCCC(NC(=O)OCC1c2ccccc2-c2ccccc21)C(=O)OCC(NC(=O)C(CC=C)CC(=O)NC(C)CO)C(C)(C)C. The molecule has 0 saturated heterocycles. The normalized spacial score (nSPS) is 14.7. The summed E-state index contributed by atoms with van der Waals surface area (Å²) in [5.74, 6) is -2.24. The predicted octanol–water partition coefficient (Wildman–Crippen LogP) is 5.01. The molecular formula is C37H49N3O7. The molecule has 4 atom stereocenters. The predicted molar refractivity (Wildman–Crippen MR) is 181 cm³/mol. The van der Waals surface area contributed by atoms with Gasteiger partial charge in [-0.3, -0.25) is 9.59 Å². The van der Waals surface area contributed by atoms with Crippen LogP contribution in [0.1, 0.15) is 70.4 Å². The van der Waals surface area contributed by atoms with Crippen LogP contribution in [0, 0.1) is 11.3 Å². The van der Waals surface area contributed by atoms with Crippen LogP contribution in [0.15, 0.2) is 73.8 Å². The minimum absolute atomic E-state index is 0.0907. The molecule has 0 aliphatic heterocycles. The van der Waals surface area contributed by atoms with Gasteiger partial charge in [0.1, 0.15) is 19.3 Å². The van der Waals surface area contributed by atoms with E-state index in [0.717, 1.165) is 22.3 Å². The van der Waals surface area contributed by atoms with Crippen LogP contribution in [0.5, 0.6) is 0 Å². The Morgan fingerprint density at radius 1 is 0.915 bits per heavy atom. The first-order chi connectivity index (χ1) is 22.4. The summed E-state index contributed by atoms with van der Waals surface area (Å²) in [7, 11) is 0. The number of fused-ring (bicyclic) bond motifs is 3. The number of esters is 1. The van der Waals surface area contributed by atoms with Gasteiger partial charge in [-0.25, -0.2) is 9.59 Å². The van der Waals surface area contributed by atoms with Crippen molar-refractivity contribution in [2.75, 3.05) is 19.8 Å². The third-order valence-electron chi connectivity index (χ3n) is 8.27. The highest BCUT2D eigenvalue weighted by Gasteiger charge is 2.33. The number of allylic oxidation sites excluding steroid dienone is 2. The third-order valence-corrected chi connectivity index (χ3v) is 8.27. The number of alkyl carbamates (subject to hydrolysis) is 1. The number of carbonyl (C=O) groups is 4. The molecule has 10 heteroatoms. The Bertz CT molecular complexity index is 1370. The van der Waals surface area contributed by atoms with Crippen molar-refractivity contribution in [3.63, 3.8) is 0 Å². The van der Waals surface area contributed by atoms with Crippen molar-refractivity contribution < 1.29 is 33.8 Å². The van der Waals surface area contributed by atoms with E-state index in [1.165, 1.54) is 0 Å². The standard InChI is InChI=1S/C37H49N3O7/c1-7-9-19-31(39-36(45)47-22-30-28-17-12-10-15-26(28)27-16-11-13-18-29(27)30)35(44)46-23-32(37(4,5)6)40-34(43)25(14-8-2)20-33(42)38-24(3)21-41/h7-8,10-13,15-18,24-25,30-32,41H,1-2,9,14,19-23H2,3-6H3,(H,38,42)(H,39,45)(H,40,43). The minimum Gasteiger partial charge on any atom is -0.462 e. The molecule has 10 nitrogen and oxygen atoms in total. The van der Waals surface area contributed by atoms with Gasteiger partial charge in [0, 0.05) is 18.4 Å². The van der Waals surface area contributed by atoms with Gasteiger partial charge in [-0.15, -0.1) is 13.2 Å². The summed E-state index contributed by atoms with van der Waals surface area (Å²) < 4.78 is 11.3. The van der Waals surface area contributed by atoms with E-state index in [-0.39, 0.29) is 56.8 Å². The molecule has 4 N–H and O–H groups in total. The van der Waals surface area contributed by atoms with Crippen LogP contribution < -0.4 is 16.0 Å². The van der Waals surface area contributed by atoms with Gasteiger partial charge in [0.15, 0.2) is 0 Å². The summed E-state index contributed by atoms with van der Waals surface area (Å²) in [6.07, 6.45) is 3.35. The Morgan fingerprint density at radius 2 is 1.53 bits per heavy atom. The summed E-state index contributed by atoms with van der Waals surface area (Å²) in [5, 5.41) is 17.5. The third kappa shape index (κ3) is 10.5. The molecule has 0 heterocycles. The number of amides is 3. The monoisotopic (exact) mass is 647 g/mol. The molecule has 0 bridgehead atoms. The maximum absolute atomic E-state index is 13.3.